The summed E-state index contributed by atoms with van der Waals surface area (Å²) in [7, 11) is -3.89. The molecule has 3 rings (SSSR count). The number of halogens is 1. The Morgan fingerprint density at radius 1 is 1.13 bits per heavy atom. The van der Waals surface area contributed by atoms with Gasteiger partial charge in [0.15, 0.2) is 0 Å². The van der Waals surface area contributed by atoms with Crippen molar-refractivity contribution in [3.05, 3.63) is 64.3 Å². The monoisotopic (exact) mass is 393 g/mol. The second-order valence-corrected chi connectivity index (χ2v) is 7.80. The maximum Gasteiger partial charge on any atom is 0.337 e. The van der Waals surface area contributed by atoms with Crippen molar-refractivity contribution in [2.24, 2.45) is 0 Å². The molecule has 0 atom stereocenters. The molecule has 5 nitrogen and oxygen atoms in total. The van der Waals surface area contributed by atoms with Crippen LogP contribution < -0.4 is 0 Å². The summed E-state index contributed by atoms with van der Waals surface area (Å²) in [6.45, 7) is 1.75. The molecule has 0 radical (unpaired) electrons. The largest absolute Gasteiger partial charge is 0.478 e. The number of fused-ring (bicyclic) bond motifs is 1. The van der Waals surface area contributed by atoms with E-state index in [2.05, 4.69) is 15.9 Å². The number of nitrogens with zero attached hydrogens (tertiary/aromatic N) is 1. The van der Waals surface area contributed by atoms with Gasteiger partial charge in [-0.3, -0.25) is 0 Å². The van der Waals surface area contributed by atoms with Gasteiger partial charge in [0.1, 0.15) is 0 Å². The number of aryl methyl sites for hydroxylation is 1. The second-order valence-electron chi connectivity index (χ2n) is 5.07. The highest BCUT2D eigenvalue weighted by Crippen LogP contribution is 2.28. The number of benzene rings is 2. The van der Waals surface area contributed by atoms with Gasteiger partial charge in [-0.1, -0.05) is 34.1 Å². The molecule has 0 spiro atoms. The lowest BCUT2D eigenvalue weighted by atomic mass is 10.1. The van der Waals surface area contributed by atoms with Gasteiger partial charge in [-0.15, -0.1) is 0 Å². The van der Waals surface area contributed by atoms with E-state index >= 15 is 0 Å². The van der Waals surface area contributed by atoms with E-state index in [1.54, 1.807) is 37.3 Å². The van der Waals surface area contributed by atoms with Crippen LogP contribution in [-0.4, -0.2) is 23.5 Å². The van der Waals surface area contributed by atoms with Crippen LogP contribution in [0.4, 0.5) is 0 Å². The van der Waals surface area contributed by atoms with Crippen molar-refractivity contribution >= 4 is 42.8 Å². The number of aromatic nitrogens is 1. The van der Waals surface area contributed by atoms with Gasteiger partial charge in [0, 0.05) is 16.1 Å². The summed E-state index contributed by atoms with van der Waals surface area (Å²) in [6.07, 6.45) is 1.16. The third-order valence-electron chi connectivity index (χ3n) is 3.60. The van der Waals surface area contributed by atoms with E-state index < -0.39 is 16.0 Å². The lowest BCUT2D eigenvalue weighted by molar-refractivity contribution is 0.0699. The normalized spacial score (nSPS) is 11.7. The Morgan fingerprint density at radius 2 is 1.78 bits per heavy atom. The van der Waals surface area contributed by atoms with Crippen molar-refractivity contribution in [2.75, 3.05) is 0 Å². The van der Waals surface area contributed by atoms with Crippen molar-refractivity contribution in [1.29, 1.82) is 0 Å². The average Bonchev–Trinajstić information content (AvgIpc) is 2.89. The Morgan fingerprint density at radius 3 is 2.39 bits per heavy atom. The Kier molecular flexibility index (Phi) is 3.77. The van der Waals surface area contributed by atoms with Crippen molar-refractivity contribution in [3.8, 4) is 0 Å². The Bertz CT molecular complexity index is 1020. The van der Waals surface area contributed by atoms with Crippen LogP contribution in [0.25, 0.3) is 10.9 Å². The minimum absolute atomic E-state index is 0.0376. The van der Waals surface area contributed by atoms with Gasteiger partial charge >= 0.3 is 5.97 Å². The lowest BCUT2D eigenvalue weighted by Crippen LogP contribution is -2.12. The predicted molar refractivity (Wildman–Crippen MR) is 90.4 cm³/mol. The third-order valence-corrected chi connectivity index (χ3v) is 5.80. The van der Waals surface area contributed by atoms with E-state index in [1.807, 2.05) is 0 Å². The molecular formula is C16H12BrNO4S. The van der Waals surface area contributed by atoms with Gasteiger partial charge in [-0.25, -0.2) is 17.2 Å². The van der Waals surface area contributed by atoms with E-state index in [1.165, 1.54) is 12.1 Å². The molecule has 0 fully saturated rings. The fraction of sp³-hybridized carbons (Fsp3) is 0.0625. The Hall–Kier alpha value is -2.12. The molecule has 118 valence electrons. The Labute approximate surface area is 141 Å². The highest BCUT2D eigenvalue weighted by molar-refractivity contribution is 9.10. The molecule has 0 unspecified atom stereocenters. The summed E-state index contributed by atoms with van der Waals surface area (Å²) in [4.78, 5) is 11.5. The van der Waals surface area contributed by atoms with Crippen LogP contribution in [0.5, 0.6) is 0 Å². The molecule has 0 saturated carbocycles. The summed E-state index contributed by atoms with van der Waals surface area (Å²) in [6, 6.07) is 11.3. The maximum absolute atomic E-state index is 12.9. The molecule has 3 aromatic rings. The minimum Gasteiger partial charge on any atom is -0.478 e. The number of carboxylic acids is 1. The molecule has 0 amide bonds. The first-order valence-corrected chi connectivity index (χ1v) is 8.91. The first-order valence-electron chi connectivity index (χ1n) is 6.67. The smallest absolute Gasteiger partial charge is 0.337 e. The standard InChI is InChI=1S/C16H12BrNO4S/c1-10-3-2-4-13-14(16(19)20)9-18(15(10)13)23(21,22)12-7-5-11(17)6-8-12/h2-9H,1H3,(H,19,20). The minimum atomic E-state index is -3.89. The summed E-state index contributed by atoms with van der Waals surface area (Å²) >= 11 is 3.26. The number of para-hydroxylation sites is 1. The Balaban J connectivity index is 2.36. The van der Waals surface area contributed by atoms with Crippen LogP contribution in [-0.2, 0) is 10.0 Å². The van der Waals surface area contributed by atoms with Gasteiger partial charge in [0.2, 0.25) is 0 Å². The van der Waals surface area contributed by atoms with Gasteiger partial charge in [-0.05, 0) is 36.8 Å². The predicted octanol–water partition coefficient (Wildman–Crippen LogP) is 3.65. The zero-order chi connectivity index (χ0) is 16.8. The van der Waals surface area contributed by atoms with Gasteiger partial charge in [-0.2, -0.15) is 0 Å². The number of carbonyl (C=O) groups is 1. The number of aromatic carboxylic acids is 1. The molecule has 0 aliphatic rings. The SMILES string of the molecule is Cc1cccc2c(C(=O)O)cn(S(=O)(=O)c3ccc(Br)cc3)c12. The molecule has 2 aromatic carbocycles. The molecule has 0 bridgehead atoms. The first kappa shape index (κ1) is 15.8. The summed E-state index contributed by atoms with van der Waals surface area (Å²) in [5.41, 5.74) is 1.04. The molecule has 1 N–H and O–H groups in total. The van der Waals surface area contributed by atoms with E-state index in [0.29, 0.717) is 16.5 Å². The zero-order valence-electron chi connectivity index (χ0n) is 12.0. The molecule has 23 heavy (non-hydrogen) atoms. The van der Waals surface area contributed by atoms with Crippen molar-refractivity contribution in [1.82, 2.24) is 3.97 Å². The molecule has 7 heteroatoms. The van der Waals surface area contributed by atoms with Crippen LogP contribution >= 0.6 is 15.9 Å². The molecular weight excluding hydrogens is 382 g/mol. The van der Waals surface area contributed by atoms with E-state index in [-0.39, 0.29) is 10.5 Å². The van der Waals surface area contributed by atoms with Crippen LogP contribution in [0, 0.1) is 6.92 Å². The molecule has 0 aliphatic carbocycles. The van der Waals surface area contributed by atoms with Crippen LogP contribution in [0.1, 0.15) is 15.9 Å². The van der Waals surface area contributed by atoms with Crippen LogP contribution in [0.2, 0.25) is 0 Å². The highest BCUT2D eigenvalue weighted by atomic mass is 79.9. The lowest BCUT2D eigenvalue weighted by Gasteiger charge is -2.09. The first-order chi connectivity index (χ1) is 10.8. The number of hydrogen-bond acceptors (Lipinski definition) is 3. The topological polar surface area (TPSA) is 76.4 Å². The summed E-state index contributed by atoms with van der Waals surface area (Å²) in [5.74, 6) is -1.16. The summed E-state index contributed by atoms with van der Waals surface area (Å²) in [5, 5.41) is 9.75. The van der Waals surface area contributed by atoms with Crippen molar-refractivity contribution < 1.29 is 18.3 Å². The van der Waals surface area contributed by atoms with Gasteiger partial charge in [0.25, 0.3) is 10.0 Å². The second kappa shape index (κ2) is 5.50. The van der Waals surface area contributed by atoms with Crippen molar-refractivity contribution in [3.63, 3.8) is 0 Å². The van der Waals surface area contributed by atoms with Gasteiger partial charge < -0.3 is 5.11 Å². The van der Waals surface area contributed by atoms with Crippen LogP contribution in [0.15, 0.2) is 58.0 Å². The fourth-order valence-electron chi connectivity index (χ4n) is 2.50. The number of hydrogen-bond donors (Lipinski definition) is 1. The van der Waals surface area contributed by atoms with E-state index in [4.69, 9.17) is 0 Å². The van der Waals surface area contributed by atoms with E-state index in [0.717, 1.165) is 14.6 Å². The van der Waals surface area contributed by atoms with Gasteiger partial charge in [0.05, 0.1) is 16.0 Å². The summed E-state index contributed by atoms with van der Waals surface area (Å²) < 4.78 is 27.6. The third kappa shape index (κ3) is 2.55. The average molecular weight is 394 g/mol. The maximum atomic E-state index is 12.9. The molecule has 0 saturated heterocycles. The van der Waals surface area contributed by atoms with Crippen molar-refractivity contribution in [2.45, 2.75) is 11.8 Å². The number of carboxylic acid groups (broad SMARTS) is 1. The molecule has 1 heterocycles. The van der Waals surface area contributed by atoms with E-state index in [9.17, 15) is 18.3 Å². The zero-order valence-corrected chi connectivity index (χ0v) is 14.4. The number of rotatable bonds is 3. The van der Waals surface area contributed by atoms with Crippen LogP contribution in [0.3, 0.4) is 0 Å². The highest BCUT2D eigenvalue weighted by Gasteiger charge is 2.24. The molecule has 0 aliphatic heterocycles. The quantitative estimate of drug-likeness (QED) is 0.736. The fourth-order valence-corrected chi connectivity index (χ4v) is 4.20. The molecule has 1 aromatic heterocycles.